The van der Waals surface area contributed by atoms with Crippen LogP contribution in [-0.4, -0.2) is 28.2 Å². The van der Waals surface area contributed by atoms with Crippen LogP contribution in [0.1, 0.15) is 23.0 Å². The highest BCUT2D eigenvalue weighted by Gasteiger charge is 2.18. The number of carbonyl (C=O) groups is 1. The Kier molecular flexibility index (Phi) is 3.90. The Balaban J connectivity index is 2.57. The number of nitrogens with zero attached hydrogens (tertiary/aromatic N) is 1. The molecule has 2 N–H and O–H groups in total. The zero-order valence-corrected chi connectivity index (χ0v) is 12.1. The molecular formula is C13H13BrN2O3. The van der Waals surface area contributed by atoms with Crippen LogP contribution >= 0.6 is 15.9 Å². The number of ether oxygens (including phenoxy) is 1. The van der Waals surface area contributed by atoms with Gasteiger partial charge in [0.05, 0.1) is 12.7 Å². The zero-order valence-electron chi connectivity index (χ0n) is 10.5. The molecule has 1 heterocycles. The number of aromatic amines is 1. The predicted molar refractivity (Wildman–Crippen MR) is 74.6 cm³/mol. The van der Waals surface area contributed by atoms with E-state index in [9.17, 15) is 4.79 Å². The van der Waals surface area contributed by atoms with Crippen LogP contribution in [0.15, 0.2) is 22.8 Å². The molecule has 0 spiro atoms. The monoisotopic (exact) mass is 324 g/mol. The molecule has 5 nitrogen and oxygen atoms in total. The molecule has 1 aromatic heterocycles. The van der Waals surface area contributed by atoms with E-state index in [0.717, 1.165) is 17.5 Å². The van der Waals surface area contributed by atoms with Crippen LogP contribution in [0.3, 0.4) is 0 Å². The first kappa shape index (κ1) is 13.6. The Morgan fingerprint density at radius 3 is 2.79 bits per heavy atom. The van der Waals surface area contributed by atoms with E-state index in [4.69, 9.17) is 9.84 Å². The molecule has 1 aromatic carbocycles. The molecular weight excluding hydrogens is 312 g/mol. The van der Waals surface area contributed by atoms with Crippen molar-refractivity contribution in [2.75, 3.05) is 7.11 Å². The molecule has 0 aliphatic carbocycles. The lowest BCUT2D eigenvalue weighted by atomic mass is 10.1. The second-order valence-corrected chi connectivity index (χ2v) is 4.73. The number of nitrogens with one attached hydrogen (secondary N) is 1. The second-order valence-electron chi connectivity index (χ2n) is 3.94. The standard InChI is InChI=1S/C13H13BrN2O3/c1-3-7-4-5-9(19-2)8(6-7)12-15-10(13(17)18)11(14)16-12/h4-6H,3H2,1-2H3,(H,15,16)(H,17,18). The summed E-state index contributed by atoms with van der Waals surface area (Å²) in [7, 11) is 1.57. The number of hydrogen-bond donors (Lipinski definition) is 2. The molecule has 0 fully saturated rings. The van der Waals surface area contributed by atoms with Crippen LogP contribution in [0.4, 0.5) is 0 Å². The number of aromatic carboxylic acids is 1. The number of rotatable bonds is 4. The van der Waals surface area contributed by atoms with Crippen molar-refractivity contribution in [1.29, 1.82) is 0 Å². The van der Waals surface area contributed by atoms with Crippen molar-refractivity contribution in [2.45, 2.75) is 13.3 Å². The average Bonchev–Trinajstić information content (AvgIpc) is 2.80. The predicted octanol–water partition coefficient (Wildman–Crippen LogP) is 3.11. The molecule has 2 aromatic rings. The van der Waals surface area contributed by atoms with E-state index in [1.54, 1.807) is 7.11 Å². The number of aryl methyl sites for hydroxylation is 1. The highest BCUT2D eigenvalue weighted by Crippen LogP contribution is 2.31. The summed E-state index contributed by atoms with van der Waals surface area (Å²) in [5, 5.41) is 9.01. The lowest BCUT2D eigenvalue weighted by Crippen LogP contribution is -1.97. The Morgan fingerprint density at radius 2 is 2.26 bits per heavy atom. The summed E-state index contributed by atoms with van der Waals surface area (Å²) in [4.78, 5) is 18.0. The minimum atomic E-state index is -1.08. The van der Waals surface area contributed by atoms with Crippen molar-refractivity contribution in [3.8, 4) is 17.1 Å². The Morgan fingerprint density at radius 1 is 1.53 bits per heavy atom. The first-order valence-electron chi connectivity index (χ1n) is 5.72. The molecule has 0 atom stereocenters. The second kappa shape index (κ2) is 5.44. The van der Waals surface area contributed by atoms with Gasteiger partial charge in [0.2, 0.25) is 0 Å². The van der Waals surface area contributed by atoms with Gasteiger partial charge in [-0.05, 0) is 40.0 Å². The maximum Gasteiger partial charge on any atom is 0.357 e. The number of H-pyrrole nitrogens is 1. The van der Waals surface area contributed by atoms with Gasteiger partial charge in [-0.3, -0.25) is 0 Å². The zero-order chi connectivity index (χ0) is 14.0. The molecule has 0 amide bonds. The van der Waals surface area contributed by atoms with Crippen LogP contribution in [-0.2, 0) is 6.42 Å². The third-order valence-electron chi connectivity index (χ3n) is 2.79. The largest absolute Gasteiger partial charge is 0.496 e. The summed E-state index contributed by atoms with van der Waals surface area (Å²) in [6.07, 6.45) is 0.880. The van der Waals surface area contributed by atoms with E-state index in [0.29, 0.717) is 16.2 Å². The summed E-state index contributed by atoms with van der Waals surface area (Å²) >= 11 is 3.16. The Labute approximate surface area is 118 Å². The lowest BCUT2D eigenvalue weighted by Gasteiger charge is -2.07. The van der Waals surface area contributed by atoms with Crippen molar-refractivity contribution >= 4 is 21.9 Å². The Bertz CT molecular complexity index is 622. The van der Waals surface area contributed by atoms with Crippen molar-refractivity contribution in [2.24, 2.45) is 0 Å². The average molecular weight is 325 g/mol. The summed E-state index contributed by atoms with van der Waals surface area (Å²) in [5.41, 5.74) is 1.83. The SMILES string of the molecule is CCc1ccc(OC)c(-c2nc(C(=O)O)c(Br)[nH]2)c1. The van der Waals surface area contributed by atoms with Crippen LogP contribution < -0.4 is 4.74 Å². The molecule has 0 saturated heterocycles. The number of aromatic nitrogens is 2. The molecule has 100 valence electrons. The van der Waals surface area contributed by atoms with Crippen LogP contribution in [0.25, 0.3) is 11.4 Å². The fourth-order valence-corrected chi connectivity index (χ4v) is 2.23. The van der Waals surface area contributed by atoms with Crippen molar-refractivity contribution in [3.63, 3.8) is 0 Å². The van der Waals surface area contributed by atoms with Crippen LogP contribution in [0.2, 0.25) is 0 Å². The maximum absolute atomic E-state index is 11.0. The highest BCUT2D eigenvalue weighted by molar-refractivity contribution is 9.10. The molecule has 2 rings (SSSR count). The fraction of sp³-hybridized carbons (Fsp3) is 0.231. The van der Waals surface area contributed by atoms with E-state index >= 15 is 0 Å². The number of carboxylic acid groups (broad SMARTS) is 1. The molecule has 0 bridgehead atoms. The lowest BCUT2D eigenvalue weighted by molar-refractivity contribution is 0.0690. The number of halogens is 1. The number of carboxylic acids is 1. The molecule has 0 aliphatic rings. The first-order valence-corrected chi connectivity index (χ1v) is 6.52. The van der Waals surface area contributed by atoms with E-state index in [1.807, 2.05) is 25.1 Å². The number of imidazole rings is 1. The van der Waals surface area contributed by atoms with Gasteiger partial charge in [0, 0.05) is 0 Å². The normalized spacial score (nSPS) is 10.5. The topological polar surface area (TPSA) is 75.2 Å². The highest BCUT2D eigenvalue weighted by atomic mass is 79.9. The van der Waals surface area contributed by atoms with Crippen molar-refractivity contribution in [3.05, 3.63) is 34.1 Å². The summed E-state index contributed by atoms with van der Waals surface area (Å²) in [6, 6.07) is 5.76. The van der Waals surface area contributed by atoms with E-state index in [1.165, 1.54) is 0 Å². The van der Waals surface area contributed by atoms with Gasteiger partial charge < -0.3 is 14.8 Å². The van der Waals surface area contributed by atoms with Gasteiger partial charge in [0.25, 0.3) is 0 Å². The van der Waals surface area contributed by atoms with Crippen molar-refractivity contribution in [1.82, 2.24) is 9.97 Å². The summed E-state index contributed by atoms with van der Waals surface area (Å²) in [6.45, 7) is 2.05. The van der Waals surface area contributed by atoms with Crippen LogP contribution in [0.5, 0.6) is 5.75 Å². The fourth-order valence-electron chi connectivity index (χ4n) is 1.78. The molecule has 0 saturated carbocycles. The first-order chi connectivity index (χ1) is 9.06. The molecule has 0 radical (unpaired) electrons. The van der Waals surface area contributed by atoms with Gasteiger partial charge in [0.15, 0.2) is 5.69 Å². The number of methoxy groups -OCH3 is 1. The smallest absolute Gasteiger partial charge is 0.357 e. The summed E-state index contributed by atoms with van der Waals surface area (Å²) in [5.74, 6) is 0.0341. The van der Waals surface area contributed by atoms with Gasteiger partial charge in [-0.2, -0.15) is 0 Å². The third-order valence-corrected chi connectivity index (χ3v) is 3.36. The molecule has 0 aliphatic heterocycles. The van der Waals surface area contributed by atoms with E-state index in [2.05, 4.69) is 25.9 Å². The molecule has 19 heavy (non-hydrogen) atoms. The summed E-state index contributed by atoms with van der Waals surface area (Å²) < 4.78 is 5.63. The van der Waals surface area contributed by atoms with Gasteiger partial charge in [-0.1, -0.05) is 13.0 Å². The van der Waals surface area contributed by atoms with Gasteiger partial charge in [-0.15, -0.1) is 0 Å². The Hall–Kier alpha value is -1.82. The van der Waals surface area contributed by atoms with Gasteiger partial charge >= 0.3 is 5.97 Å². The number of benzene rings is 1. The van der Waals surface area contributed by atoms with E-state index < -0.39 is 5.97 Å². The minimum Gasteiger partial charge on any atom is -0.496 e. The quantitative estimate of drug-likeness (QED) is 0.906. The van der Waals surface area contributed by atoms with Crippen LogP contribution in [0, 0.1) is 0 Å². The number of hydrogen-bond acceptors (Lipinski definition) is 3. The van der Waals surface area contributed by atoms with Crippen molar-refractivity contribution < 1.29 is 14.6 Å². The molecule has 0 unspecified atom stereocenters. The minimum absolute atomic E-state index is 0.0426. The van der Waals surface area contributed by atoms with Gasteiger partial charge in [0.1, 0.15) is 16.2 Å². The molecule has 6 heteroatoms. The maximum atomic E-state index is 11.0. The van der Waals surface area contributed by atoms with E-state index in [-0.39, 0.29) is 5.69 Å². The third kappa shape index (κ3) is 2.63. The van der Waals surface area contributed by atoms with Gasteiger partial charge in [-0.25, -0.2) is 9.78 Å².